The van der Waals surface area contributed by atoms with E-state index in [9.17, 15) is 14.4 Å². The van der Waals surface area contributed by atoms with Gasteiger partial charge in [-0.3, -0.25) is 9.59 Å². The summed E-state index contributed by atoms with van der Waals surface area (Å²) in [5.41, 5.74) is 2.08. The van der Waals surface area contributed by atoms with E-state index in [0.717, 1.165) is 11.1 Å². The summed E-state index contributed by atoms with van der Waals surface area (Å²) in [7, 11) is 0. The first-order valence-corrected chi connectivity index (χ1v) is 4.36. The van der Waals surface area contributed by atoms with Crippen molar-refractivity contribution in [3.05, 3.63) is 27.9 Å². The van der Waals surface area contributed by atoms with Crippen LogP contribution in [0.4, 0.5) is 0 Å². The summed E-state index contributed by atoms with van der Waals surface area (Å²) < 4.78 is 0. The Labute approximate surface area is 79.8 Å². The van der Waals surface area contributed by atoms with Gasteiger partial charge >= 0.3 is 0 Å². The molecule has 0 aromatic carbocycles. The largest absolute Gasteiger partial charge is 0.293 e. The van der Waals surface area contributed by atoms with Gasteiger partial charge in [-0.2, -0.15) is 0 Å². The van der Waals surface area contributed by atoms with E-state index in [4.69, 9.17) is 0 Å². The van der Waals surface area contributed by atoms with E-state index in [2.05, 4.69) is 0 Å². The molecule has 0 saturated heterocycles. The van der Waals surface area contributed by atoms with Gasteiger partial charge in [0.2, 0.25) is 0 Å². The van der Waals surface area contributed by atoms with Gasteiger partial charge in [0.15, 0.2) is 17.0 Å². The molecular formula is C11H6O3. The molecule has 0 aromatic heterocycles. The number of hydrogen-bond donors (Lipinski definition) is 0. The van der Waals surface area contributed by atoms with Crippen molar-refractivity contribution in [2.75, 3.05) is 0 Å². The van der Waals surface area contributed by atoms with Crippen molar-refractivity contribution in [3.8, 4) is 0 Å². The number of carbonyl (C=O) groups excluding carboxylic acids is 3. The molecule has 1 spiro atoms. The molecule has 2 saturated carbocycles. The lowest BCUT2D eigenvalue weighted by Crippen LogP contribution is -2.37. The first-order chi connectivity index (χ1) is 6.58. The highest BCUT2D eigenvalue weighted by Crippen LogP contribution is 2.70. The Hall–Kier alpha value is -1.73. The Morgan fingerprint density at radius 3 is 2.14 bits per heavy atom. The Bertz CT molecular complexity index is 553. The number of Topliss-reactive ketones (excluding diaryl/α,β-unsaturated/α-hetero) is 2. The zero-order chi connectivity index (χ0) is 10.2. The normalized spacial score (nSPS) is 32.9. The molecule has 0 amide bonds. The standard InChI is InChI=1S/C11H6O3/c1-4-5(2)8-10(14)11(8)7(4)6(3-12)9(11)13/h1-2H3. The molecule has 3 nitrogen and oxygen atoms in total. The Morgan fingerprint density at radius 2 is 1.57 bits per heavy atom. The minimum absolute atomic E-state index is 0.0719. The highest BCUT2D eigenvalue weighted by atomic mass is 16.2. The van der Waals surface area contributed by atoms with Crippen LogP contribution in [0.3, 0.4) is 0 Å². The Morgan fingerprint density at radius 1 is 1.00 bits per heavy atom. The highest BCUT2D eigenvalue weighted by Gasteiger charge is 2.79. The second-order valence-electron chi connectivity index (χ2n) is 3.89. The van der Waals surface area contributed by atoms with Gasteiger partial charge in [0.1, 0.15) is 11.5 Å². The third kappa shape index (κ3) is 0.412. The van der Waals surface area contributed by atoms with Gasteiger partial charge in [0.05, 0.1) is 0 Å². The van der Waals surface area contributed by atoms with Crippen LogP contribution >= 0.6 is 0 Å². The van der Waals surface area contributed by atoms with Crippen LogP contribution in [0.1, 0.15) is 13.8 Å². The lowest BCUT2D eigenvalue weighted by Gasteiger charge is -2.25. The third-order valence-corrected chi connectivity index (χ3v) is 3.49. The molecule has 68 valence electrons. The van der Waals surface area contributed by atoms with E-state index in [1.165, 1.54) is 0 Å². The number of allylic oxidation sites excluding steroid dienone is 5. The fraction of sp³-hybridized carbons (Fsp3) is 0.273. The first-order valence-electron chi connectivity index (χ1n) is 4.36. The second kappa shape index (κ2) is 1.72. The molecular weight excluding hydrogens is 180 g/mol. The van der Waals surface area contributed by atoms with Gasteiger partial charge in [-0.25, -0.2) is 4.79 Å². The van der Waals surface area contributed by atoms with Gasteiger partial charge in [0, 0.05) is 11.1 Å². The van der Waals surface area contributed by atoms with Crippen LogP contribution in [0.15, 0.2) is 27.9 Å². The molecule has 0 aliphatic heterocycles. The van der Waals surface area contributed by atoms with Gasteiger partial charge in [0.25, 0.3) is 0 Å². The maximum absolute atomic E-state index is 11.6. The molecule has 1 atom stereocenters. The number of hydrogen-bond acceptors (Lipinski definition) is 3. The van der Waals surface area contributed by atoms with Crippen molar-refractivity contribution in [1.82, 2.24) is 0 Å². The van der Waals surface area contributed by atoms with Crippen LogP contribution in [0.25, 0.3) is 0 Å². The van der Waals surface area contributed by atoms with Crippen molar-refractivity contribution >= 4 is 17.5 Å². The number of carbonyl (C=O) groups is 2. The maximum atomic E-state index is 11.6. The van der Waals surface area contributed by atoms with Crippen molar-refractivity contribution in [2.45, 2.75) is 13.8 Å². The predicted octanol–water partition coefficient (Wildman–Crippen LogP) is 0.543. The summed E-state index contributed by atoms with van der Waals surface area (Å²) in [4.78, 5) is 33.5. The molecule has 2 fully saturated rings. The number of rotatable bonds is 0. The van der Waals surface area contributed by atoms with E-state index >= 15 is 0 Å². The summed E-state index contributed by atoms with van der Waals surface area (Å²) >= 11 is 0. The fourth-order valence-electron chi connectivity index (χ4n) is 2.65. The molecule has 0 N–H and O–H groups in total. The van der Waals surface area contributed by atoms with Crippen LogP contribution in [-0.2, 0) is 14.4 Å². The van der Waals surface area contributed by atoms with E-state index in [1.54, 1.807) is 5.94 Å². The molecule has 0 aromatic rings. The highest BCUT2D eigenvalue weighted by molar-refractivity contribution is 6.49. The van der Waals surface area contributed by atoms with Crippen LogP contribution in [0.2, 0.25) is 0 Å². The summed E-state index contributed by atoms with van der Waals surface area (Å²) in [6, 6.07) is 0. The lowest BCUT2D eigenvalue weighted by atomic mass is 9.70. The van der Waals surface area contributed by atoms with E-state index in [-0.39, 0.29) is 17.1 Å². The average molecular weight is 186 g/mol. The minimum atomic E-state index is -0.985. The molecule has 1 unspecified atom stereocenters. The van der Waals surface area contributed by atoms with Crippen molar-refractivity contribution in [1.29, 1.82) is 0 Å². The molecule has 14 heavy (non-hydrogen) atoms. The molecule has 0 radical (unpaired) electrons. The number of ketones is 2. The van der Waals surface area contributed by atoms with Crippen molar-refractivity contribution in [2.24, 2.45) is 5.41 Å². The third-order valence-electron chi connectivity index (χ3n) is 3.49. The maximum Gasteiger partial charge on any atom is 0.197 e. The summed E-state index contributed by atoms with van der Waals surface area (Å²) in [5.74, 6) is 1.17. The first kappa shape index (κ1) is 7.65. The van der Waals surface area contributed by atoms with E-state index in [1.807, 2.05) is 13.8 Å². The topological polar surface area (TPSA) is 51.2 Å². The lowest BCUT2D eigenvalue weighted by molar-refractivity contribution is -0.125. The van der Waals surface area contributed by atoms with Crippen LogP contribution in [0, 0.1) is 5.41 Å². The van der Waals surface area contributed by atoms with Crippen molar-refractivity contribution < 1.29 is 14.4 Å². The van der Waals surface area contributed by atoms with Crippen molar-refractivity contribution in [3.63, 3.8) is 0 Å². The summed E-state index contributed by atoms with van der Waals surface area (Å²) in [5, 5.41) is 0. The Balaban J connectivity index is 2.38. The van der Waals surface area contributed by atoms with Gasteiger partial charge in [-0.05, 0) is 25.0 Å². The zero-order valence-corrected chi connectivity index (χ0v) is 7.72. The van der Waals surface area contributed by atoms with Crippen LogP contribution in [-0.4, -0.2) is 17.5 Å². The minimum Gasteiger partial charge on any atom is -0.293 e. The van der Waals surface area contributed by atoms with E-state index in [0.29, 0.717) is 11.1 Å². The van der Waals surface area contributed by atoms with Gasteiger partial charge in [-0.1, -0.05) is 0 Å². The van der Waals surface area contributed by atoms with E-state index < -0.39 is 5.41 Å². The molecule has 3 aliphatic rings. The fourth-order valence-corrected chi connectivity index (χ4v) is 2.65. The second-order valence-corrected chi connectivity index (χ2v) is 3.89. The average Bonchev–Trinajstić information content (AvgIpc) is 2.73. The van der Waals surface area contributed by atoms with Gasteiger partial charge < -0.3 is 0 Å². The Kier molecular flexibility index (Phi) is 0.942. The van der Waals surface area contributed by atoms with Gasteiger partial charge in [-0.15, -0.1) is 0 Å². The molecule has 0 heterocycles. The van der Waals surface area contributed by atoms with Crippen LogP contribution < -0.4 is 0 Å². The SMILES string of the molecule is CC1=C2C(=O)C23C(=O)C(=C=O)C3=C1C. The zero-order valence-electron chi connectivity index (χ0n) is 7.72. The monoisotopic (exact) mass is 186 g/mol. The summed E-state index contributed by atoms with van der Waals surface area (Å²) in [6.45, 7) is 3.65. The molecule has 3 heteroatoms. The molecule has 3 rings (SSSR count). The summed E-state index contributed by atoms with van der Waals surface area (Å²) in [6.07, 6.45) is 0. The smallest absolute Gasteiger partial charge is 0.197 e. The molecule has 0 bridgehead atoms. The molecule has 3 aliphatic carbocycles. The quantitative estimate of drug-likeness (QED) is 0.315. The van der Waals surface area contributed by atoms with Crippen LogP contribution in [0.5, 0.6) is 0 Å². The predicted molar refractivity (Wildman–Crippen MR) is 47.1 cm³/mol.